The molecule has 0 aliphatic rings. The summed E-state index contributed by atoms with van der Waals surface area (Å²) < 4.78 is 0. The second-order valence-electron chi connectivity index (χ2n) is 8.35. The van der Waals surface area contributed by atoms with Crippen LogP contribution in [0.3, 0.4) is 0 Å². The molecular formula is C34H28CuO4. The van der Waals surface area contributed by atoms with Gasteiger partial charge >= 0.3 is 0 Å². The molecule has 0 saturated carbocycles. The minimum absolute atomic E-state index is 0. The van der Waals surface area contributed by atoms with Crippen molar-refractivity contribution in [2.45, 2.75) is 12.8 Å². The van der Waals surface area contributed by atoms with Crippen LogP contribution in [-0.2, 0) is 26.7 Å². The summed E-state index contributed by atoms with van der Waals surface area (Å²) in [5.74, 6) is -0.665. The molecule has 0 spiro atoms. The normalized spacial score (nSPS) is 10.3. The summed E-state index contributed by atoms with van der Waals surface area (Å²) >= 11 is 0. The molecule has 0 bridgehead atoms. The van der Waals surface area contributed by atoms with Crippen LogP contribution in [0.1, 0.15) is 44.7 Å². The molecular weight excluding hydrogens is 536 g/mol. The number of benzene rings is 4. The summed E-state index contributed by atoms with van der Waals surface area (Å²) in [6.07, 6.45) is 6.17. The van der Waals surface area contributed by atoms with E-state index < -0.39 is 0 Å². The summed E-state index contributed by atoms with van der Waals surface area (Å²) in [5.41, 5.74) is 3.04. The molecule has 0 amide bonds. The van der Waals surface area contributed by atoms with Gasteiger partial charge in [0.05, 0.1) is 12.8 Å². The van der Waals surface area contributed by atoms with Crippen LogP contribution in [0.4, 0.5) is 0 Å². The van der Waals surface area contributed by atoms with Crippen molar-refractivity contribution in [2.75, 3.05) is 0 Å². The standard InChI is InChI=1S/2C17H14O2.Cu/c2*18-16(12-11-14-7-3-1-4-8-14)13-17(19)15-9-5-2-6-10-15;/h2*1-12H,13H2;/b2*12-11+;. The molecule has 0 aromatic heterocycles. The van der Waals surface area contributed by atoms with Gasteiger partial charge in [0.25, 0.3) is 0 Å². The Morgan fingerprint density at radius 1 is 0.436 bits per heavy atom. The second kappa shape index (κ2) is 17.1. The first-order chi connectivity index (χ1) is 18.5. The molecule has 0 fully saturated rings. The second-order valence-corrected chi connectivity index (χ2v) is 8.35. The van der Waals surface area contributed by atoms with Gasteiger partial charge < -0.3 is 0 Å². The molecule has 0 atom stereocenters. The number of rotatable bonds is 10. The molecule has 1 radical (unpaired) electrons. The van der Waals surface area contributed by atoms with E-state index in [1.807, 2.05) is 72.8 Å². The Morgan fingerprint density at radius 2 is 0.718 bits per heavy atom. The monoisotopic (exact) mass is 563 g/mol. The van der Waals surface area contributed by atoms with E-state index in [-0.39, 0.29) is 53.0 Å². The zero-order valence-electron chi connectivity index (χ0n) is 21.2. The smallest absolute Gasteiger partial charge is 0.170 e. The molecule has 4 nitrogen and oxygen atoms in total. The van der Waals surface area contributed by atoms with Gasteiger partial charge in [-0.3, -0.25) is 19.2 Å². The molecule has 39 heavy (non-hydrogen) atoms. The Morgan fingerprint density at radius 3 is 1.03 bits per heavy atom. The number of carbonyl (C=O) groups excluding carboxylic acids is 4. The predicted octanol–water partition coefficient (Wildman–Crippen LogP) is 7.08. The van der Waals surface area contributed by atoms with E-state index in [0.717, 1.165) is 11.1 Å². The van der Waals surface area contributed by atoms with Crippen LogP contribution in [0.5, 0.6) is 0 Å². The minimum atomic E-state index is -0.183. The Bertz CT molecular complexity index is 1280. The molecule has 0 N–H and O–H groups in total. The van der Waals surface area contributed by atoms with Gasteiger partial charge in [-0.2, -0.15) is 0 Å². The number of Topliss-reactive ketones (excluding diaryl/α,β-unsaturated/α-hetero) is 2. The topological polar surface area (TPSA) is 68.3 Å². The first-order valence-electron chi connectivity index (χ1n) is 12.2. The number of hydrogen-bond donors (Lipinski definition) is 0. The van der Waals surface area contributed by atoms with Gasteiger partial charge in [0.2, 0.25) is 0 Å². The summed E-state index contributed by atoms with van der Waals surface area (Å²) in [4.78, 5) is 47.0. The third kappa shape index (κ3) is 11.7. The zero-order chi connectivity index (χ0) is 27.0. The summed E-state index contributed by atoms with van der Waals surface area (Å²) in [7, 11) is 0. The van der Waals surface area contributed by atoms with E-state index in [0.29, 0.717) is 11.1 Å². The Hall–Kier alpha value is -4.44. The molecule has 0 saturated heterocycles. The maximum Gasteiger partial charge on any atom is 0.170 e. The molecule has 4 rings (SSSR count). The number of ketones is 4. The van der Waals surface area contributed by atoms with Crippen LogP contribution in [0, 0.1) is 0 Å². The van der Waals surface area contributed by atoms with Gasteiger partial charge in [-0.05, 0) is 23.3 Å². The van der Waals surface area contributed by atoms with Crippen molar-refractivity contribution in [3.05, 3.63) is 156 Å². The van der Waals surface area contributed by atoms with Crippen LogP contribution in [0.15, 0.2) is 133 Å². The molecule has 199 valence electrons. The molecule has 4 aromatic carbocycles. The van der Waals surface area contributed by atoms with E-state index in [1.54, 1.807) is 60.7 Å². The van der Waals surface area contributed by atoms with E-state index >= 15 is 0 Å². The fourth-order valence-corrected chi connectivity index (χ4v) is 3.39. The SMILES string of the molecule is O=C(/C=C/c1ccccc1)CC(=O)c1ccccc1.O=C(/C=C/c1ccccc1)CC(=O)c1ccccc1.[Cu]. The summed E-state index contributed by atoms with van der Waals surface area (Å²) in [5, 5.41) is 0. The maximum absolute atomic E-state index is 11.8. The average Bonchev–Trinajstić information content (AvgIpc) is 2.97. The third-order valence-corrected chi connectivity index (χ3v) is 5.38. The van der Waals surface area contributed by atoms with Gasteiger partial charge in [0.15, 0.2) is 23.1 Å². The van der Waals surface area contributed by atoms with Crippen LogP contribution in [0.25, 0.3) is 12.2 Å². The molecule has 0 aliphatic heterocycles. The molecule has 5 heteroatoms. The Kier molecular flexibility index (Phi) is 13.5. The van der Waals surface area contributed by atoms with E-state index in [9.17, 15) is 19.2 Å². The van der Waals surface area contributed by atoms with Crippen molar-refractivity contribution in [1.29, 1.82) is 0 Å². The van der Waals surface area contributed by atoms with Crippen molar-refractivity contribution in [3.8, 4) is 0 Å². The average molecular weight is 564 g/mol. The van der Waals surface area contributed by atoms with E-state index in [2.05, 4.69) is 0 Å². The van der Waals surface area contributed by atoms with Crippen LogP contribution >= 0.6 is 0 Å². The van der Waals surface area contributed by atoms with Crippen molar-refractivity contribution in [3.63, 3.8) is 0 Å². The van der Waals surface area contributed by atoms with Crippen LogP contribution in [0.2, 0.25) is 0 Å². The van der Waals surface area contributed by atoms with Gasteiger partial charge in [0, 0.05) is 28.2 Å². The summed E-state index contributed by atoms with van der Waals surface area (Å²) in [6, 6.07) is 36.8. The minimum Gasteiger partial charge on any atom is -0.294 e. The Labute approximate surface area is 239 Å². The van der Waals surface area contributed by atoms with Crippen LogP contribution < -0.4 is 0 Å². The predicted molar refractivity (Wildman–Crippen MR) is 152 cm³/mol. The van der Waals surface area contributed by atoms with Gasteiger partial charge in [-0.1, -0.05) is 133 Å². The van der Waals surface area contributed by atoms with Crippen molar-refractivity contribution in [2.24, 2.45) is 0 Å². The number of carbonyl (C=O) groups is 4. The third-order valence-electron chi connectivity index (χ3n) is 5.38. The Balaban J connectivity index is 0.000000267. The van der Waals surface area contributed by atoms with Gasteiger partial charge in [-0.15, -0.1) is 0 Å². The zero-order valence-corrected chi connectivity index (χ0v) is 22.1. The van der Waals surface area contributed by atoms with Gasteiger partial charge in [0.1, 0.15) is 0 Å². The molecule has 4 aromatic rings. The van der Waals surface area contributed by atoms with E-state index in [4.69, 9.17) is 0 Å². The van der Waals surface area contributed by atoms with Gasteiger partial charge in [-0.25, -0.2) is 0 Å². The first-order valence-corrected chi connectivity index (χ1v) is 12.2. The van der Waals surface area contributed by atoms with E-state index in [1.165, 1.54) is 12.2 Å². The quantitative estimate of drug-likeness (QED) is 0.0894. The molecule has 0 heterocycles. The summed E-state index contributed by atoms with van der Waals surface area (Å²) in [6.45, 7) is 0. The van der Waals surface area contributed by atoms with Crippen molar-refractivity contribution < 1.29 is 36.2 Å². The first kappa shape index (κ1) is 30.8. The number of allylic oxidation sites excluding steroid dienone is 2. The largest absolute Gasteiger partial charge is 0.294 e. The van der Waals surface area contributed by atoms with Crippen molar-refractivity contribution in [1.82, 2.24) is 0 Å². The maximum atomic E-state index is 11.8. The fraction of sp³-hybridized carbons (Fsp3) is 0.0588. The molecule has 0 aliphatic carbocycles. The fourth-order valence-electron chi connectivity index (χ4n) is 3.39. The number of hydrogen-bond acceptors (Lipinski definition) is 4. The van der Waals surface area contributed by atoms with Crippen LogP contribution in [-0.4, -0.2) is 23.1 Å². The molecule has 0 unspecified atom stereocenters. The van der Waals surface area contributed by atoms with Crippen molar-refractivity contribution >= 4 is 35.3 Å².